The van der Waals surface area contributed by atoms with Crippen molar-refractivity contribution in [1.82, 2.24) is 9.97 Å². The standard InChI is InChI=1S/C15H20N6O/c1-20(2)14-9-13(17-15(18-14)21(3)4)19-16-10-11-5-7-12(22)8-6-11/h5-10,22H,1-4H3,(H,17,18,19)/b16-10-. The van der Waals surface area contributed by atoms with Gasteiger partial charge >= 0.3 is 0 Å². The van der Waals surface area contributed by atoms with Crippen molar-refractivity contribution in [1.29, 1.82) is 0 Å². The van der Waals surface area contributed by atoms with E-state index in [1.54, 1.807) is 30.5 Å². The van der Waals surface area contributed by atoms with Crippen LogP contribution in [0, 0.1) is 0 Å². The zero-order valence-corrected chi connectivity index (χ0v) is 13.1. The number of phenolic OH excluding ortho intramolecular Hbond substituents is 1. The fourth-order valence-electron chi connectivity index (χ4n) is 1.64. The van der Waals surface area contributed by atoms with E-state index in [1.165, 1.54) is 0 Å². The Bertz CT molecular complexity index is 625. The molecule has 1 aromatic carbocycles. The number of hydrogen-bond acceptors (Lipinski definition) is 7. The van der Waals surface area contributed by atoms with Gasteiger partial charge in [-0.15, -0.1) is 0 Å². The summed E-state index contributed by atoms with van der Waals surface area (Å²) in [5.74, 6) is 2.24. The van der Waals surface area contributed by atoms with Crippen molar-refractivity contribution in [2.75, 3.05) is 43.4 Å². The van der Waals surface area contributed by atoms with Crippen LogP contribution in [0.2, 0.25) is 0 Å². The molecule has 0 atom stereocenters. The molecule has 116 valence electrons. The zero-order chi connectivity index (χ0) is 16.1. The third-order valence-electron chi connectivity index (χ3n) is 2.84. The number of hydrazone groups is 1. The van der Waals surface area contributed by atoms with Gasteiger partial charge in [0, 0.05) is 34.3 Å². The molecule has 0 saturated heterocycles. The summed E-state index contributed by atoms with van der Waals surface area (Å²) in [5.41, 5.74) is 3.78. The maximum absolute atomic E-state index is 9.24. The molecule has 7 heteroatoms. The van der Waals surface area contributed by atoms with Crippen LogP contribution in [0.4, 0.5) is 17.6 Å². The van der Waals surface area contributed by atoms with E-state index in [0.717, 1.165) is 11.4 Å². The van der Waals surface area contributed by atoms with Crippen molar-refractivity contribution < 1.29 is 5.11 Å². The minimum atomic E-state index is 0.229. The molecular weight excluding hydrogens is 280 g/mol. The highest BCUT2D eigenvalue weighted by Crippen LogP contribution is 2.17. The Labute approximate surface area is 129 Å². The lowest BCUT2D eigenvalue weighted by molar-refractivity contribution is 0.475. The summed E-state index contributed by atoms with van der Waals surface area (Å²) in [7, 11) is 7.62. The van der Waals surface area contributed by atoms with Gasteiger partial charge in [-0.05, 0) is 29.8 Å². The van der Waals surface area contributed by atoms with E-state index in [-0.39, 0.29) is 5.75 Å². The van der Waals surface area contributed by atoms with Gasteiger partial charge in [0.25, 0.3) is 0 Å². The summed E-state index contributed by atoms with van der Waals surface area (Å²) in [6.07, 6.45) is 1.66. The molecule has 0 amide bonds. The average Bonchev–Trinajstić information content (AvgIpc) is 2.49. The number of hydrogen-bond donors (Lipinski definition) is 2. The number of benzene rings is 1. The number of aromatic nitrogens is 2. The van der Waals surface area contributed by atoms with Crippen LogP contribution in [0.25, 0.3) is 0 Å². The highest BCUT2D eigenvalue weighted by atomic mass is 16.3. The summed E-state index contributed by atoms with van der Waals surface area (Å²) in [6.45, 7) is 0. The van der Waals surface area contributed by atoms with E-state index in [2.05, 4.69) is 20.5 Å². The molecule has 0 radical (unpaired) electrons. The molecule has 0 spiro atoms. The van der Waals surface area contributed by atoms with Crippen molar-refractivity contribution in [3.05, 3.63) is 35.9 Å². The SMILES string of the molecule is CN(C)c1cc(N/N=C\c2ccc(O)cc2)nc(N(C)C)n1. The topological polar surface area (TPSA) is 76.9 Å². The normalized spacial score (nSPS) is 10.7. The summed E-state index contributed by atoms with van der Waals surface area (Å²) >= 11 is 0. The van der Waals surface area contributed by atoms with Crippen molar-refractivity contribution >= 4 is 23.8 Å². The Morgan fingerprint density at radius 3 is 2.32 bits per heavy atom. The molecule has 0 fully saturated rings. The van der Waals surface area contributed by atoms with Crippen molar-refractivity contribution in [2.45, 2.75) is 0 Å². The molecule has 2 N–H and O–H groups in total. The highest BCUT2D eigenvalue weighted by Gasteiger charge is 2.07. The first-order valence-corrected chi connectivity index (χ1v) is 6.77. The number of rotatable bonds is 5. The van der Waals surface area contributed by atoms with Gasteiger partial charge in [0.05, 0.1) is 6.21 Å². The van der Waals surface area contributed by atoms with E-state index in [4.69, 9.17) is 0 Å². The molecule has 0 aliphatic heterocycles. The Balaban J connectivity index is 2.16. The Morgan fingerprint density at radius 2 is 1.73 bits per heavy atom. The first-order chi connectivity index (χ1) is 10.5. The van der Waals surface area contributed by atoms with Crippen LogP contribution >= 0.6 is 0 Å². The smallest absolute Gasteiger partial charge is 0.228 e. The monoisotopic (exact) mass is 300 g/mol. The van der Waals surface area contributed by atoms with Gasteiger partial charge in [0.1, 0.15) is 11.6 Å². The van der Waals surface area contributed by atoms with Crippen LogP contribution < -0.4 is 15.2 Å². The van der Waals surface area contributed by atoms with Gasteiger partial charge in [-0.2, -0.15) is 15.1 Å². The van der Waals surface area contributed by atoms with Gasteiger partial charge < -0.3 is 14.9 Å². The molecule has 2 aromatic rings. The number of aromatic hydroxyl groups is 1. The number of nitrogens with zero attached hydrogens (tertiary/aromatic N) is 5. The molecule has 0 bridgehead atoms. The molecule has 22 heavy (non-hydrogen) atoms. The maximum Gasteiger partial charge on any atom is 0.228 e. The van der Waals surface area contributed by atoms with E-state index in [9.17, 15) is 5.11 Å². The second-order valence-corrected chi connectivity index (χ2v) is 5.16. The van der Waals surface area contributed by atoms with Crippen LogP contribution in [0.15, 0.2) is 35.4 Å². The molecule has 7 nitrogen and oxygen atoms in total. The minimum absolute atomic E-state index is 0.229. The average molecular weight is 300 g/mol. The predicted molar refractivity (Wildman–Crippen MR) is 90.0 cm³/mol. The van der Waals surface area contributed by atoms with Gasteiger partial charge in [-0.1, -0.05) is 0 Å². The molecule has 1 heterocycles. The number of nitrogens with one attached hydrogen (secondary N) is 1. The van der Waals surface area contributed by atoms with Gasteiger partial charge in [-0.3, -0.25) is 5.43 Å². The third kappa shape index (κ3) is 4.08. The van der Waals surface area contributed by atoms with Crippen LogP contribution in [-0.2, 0) is 0 Å². The first kappa shape index (κ1) is 15.6. The largest absolute Gasteiger partial charge is 0.508 e. The van der Waals surface area contributed by atoms with Crippen molar-refractivity contribution in [2.24, 2.45) is 5.10 Å². The van der Waals surface area contributed by atoms with Crippen molar-refractivity contribution in [3.63, 3.8) is 0 Å². The molecule has 0 unspecified atom stereocenters. The van der Waals surface area contributed by atoms with E-state index in [1.807, 2.05) is 44.1 Å². The molecule has 0 saturated carbocycles. The zero-order valence-electron chi connectivity index (χ0n) is 13.1. The second-order valence-electron chi connectivity index (χ2n) is 5.16. The molecule has 1 aromatic heterocycles. The van der Waals surface area contributed by atoms with E-state index in [0.29, 0.717) is 11.8 Å². The molecular formula is C15H20N6O. The number of phenols is 1. The van der Waals surface area contributed by atoms with E-state index >= 15 is 0 Å². The summed E-state index contributed by atoms with van der Waals surface area (Å²) in [5, 5.41) is 13.4. The lowest BCUT2D eigenvalue weighted by atomic mass is 10.2. The van der Waals surface area contributed by atoms with E-state index < -0.39 is 0 Å². The van der Waals surface area contributed by atoms with Crippen LogP contribution in [0.5, 0.6) is 5.75 Å². The quantitative estimate of drug-likeness (QED) is 0.647. The summed E-state index contributed by atoms with van der Waals surface area (Å²) in [4.78, 5) is 12.6. The van der Waals surface area contributed by atoms with Gasteiger partial charge in [0.15, 0.2) is 5.82 Å². The fourth-order valence-corrected chi connectivity index (χ4v) is 1.64. The summed E-state index contributed by atoms with van der Waals surface area (Å²) in [6, 6.07) is 8.59. The van der Waals surface area contributed by atoms with Crippen LogP contribution in [0.3, 0.4) is 0 Å². The fraction of sp³-hybridized carbons (Fsp3) is 0.267. The van der Waals surface area contributed by atoms with Crippen molar-refractivity contribution in [3.8, 4) is 5.75 Å². The molecule has 2 rings (SSSR count). The lowest BCUT2D eigenvalue weighted by Crippen LogP contribution is -2.17. The molecule has 0 aliphatic rings. The van der Waals surface area contributed by atoms with Gasteiger partial charge in [0.2, 0.25) is 5.95 Å². The minimum Gasteiger partial charge on any atom is -0.508 e. The second kappa shape index (κ2) is 6.75. The Hall–Kier alpha value is -2.83. The van der Waals surface area contributed by atoms with Gasteiger partial charge in [-0.25, -0.2) is 0 Å². The van der Waals surface area contributed by atoms with Crippen LogP contribution in [0.1, 0.15) is 5.56 Å². The predicted octanol–water partition coefficient (Wildman–Crippen LogP) is 1.76. The highest BCUT2D eigenvalue weighted by molar-refractivity contribution is 5.80. The third-order valence-corrected chi connectivity index (χ3v) is 2.84. The maximum atomic E-state index is 9.24. The Morgan fingerprint density at radius 1 is 1.05 bits per heavy atom. The first-order valence-electron chi connectivity index (χ1n) is 6.77. The number of anilines is 3. The van der Waals surface area contributed by atoms with Crippen LogP contribution in [-0.4, -0.2) is 49.5 Å². The Kier molecular flexibility index (Phi) is 4.77. The lowest BCUT2D eigenvalue weighted by Gasteiger charge is -2.16. The summed E-state index contributed by atoms with van der Waals surface area (Å²) < 4.78 is 0. The molecule has 0 aliphatic carbocycles.